The molecule has 7 nitrogen and oxygen atoms in total. The minimum atomic E-state index is -3.33. The Hall–Kier alpha value is -2.55. The van der Waals surface area contributed by atoms with E-state index in [0.717, 1.165) is 11.1 Å². The summed E-state index contributed by atoms with van der Waals surface area (Å²) in [6.45, 7) is 4.17. The number of benzene rings is 2. The van der Waals surface area contributed by atoms with E-state index in [9.17, 15) is 8.42 Å². The first-order valence-corrected chi connectivity index (χ1v) is 11.3. The number of sulfonamides is 1. The smallest absolute Gasteiger partial charge is 0.244 e. The molecule has 1 atom stereocenters. The molecule has 1 aromatic heterocycles. The second-order valence-corrected chi connectivity index (χ2v) is 9.14. The molecule has 0 radical (unpaired) electrons. The predicted molar refractivity (Wildman–Crippen MR) is 110 cm³/mol. The van der Waals surface area contributed by atoms with E-state index in [1.165, 1.54) is 0 Å². The van der Waals surface area contributed by atoms with E-state index in [0.29, 0.717) is 37.9 Å². The SMILES string of the molecule is CC(c1nc(-c2ccccc2)no1)N1CCN(S(=O)(=O)Cc2ccccc2)CC1. The maximum Gasteiger partial charge on any atom is 0.244 e. The number of rotatable bonds is 6. The maximum absolute atomic E-state index is 12.7. The summed E-state index contributed by atoms with van der Waals surface area (Å²) in [5, 5.41) is 4.08. The third-order valence-electron chi connectivity index (χ3n) is 5.24. The number of aromatic nitrogens is 2. The predicted octanol–water partition coefficient (Wildman–Crippen LogP) is 2.95. The Morgan fingerprint density at radius 2 is 1.59 bits per heavy atom. The fraction of sp³-hybridized carbons (Fsp3) is 0.333. The highest BCUT2D eigenvalue weighted by Crippen LogP contribution is 2.24. The van der Waals surface area contributed by atoms with Crippen molar-refractivity contribution in [3.8, 4) is 11.4 Å². The first-order chi connectivity index (χ1) is 14.0. The number of nitrogens with zero attached hydrogens (tertiary/aromatic N) is 4. The third-order valence-corrected chi connectivity index (χ3v) is 7.09. The maximum atomic E-state index is 12.7. The molecule has 2 heterocycles. The highest BCUT2D eigenvalue weighted by molar-refractivity contribution is 7.88. The van der Waals surface area contributed by atoms with Gasteiger partial charge < -0.3 is 4.52 Å². The Kier molecular flexibility index (Phi) is 5.75. The average Bonchev–Trinajstić information content (AvgIpc) is 3.25. The zero-order valence-electron chi connectivity index (χ0n) is 16.3. The second kappa shape index (κ2) is 8.44. The Morgan fingerprint density at radius 3 is 2.24 bits per heavy atom. The van der Waals surface area contributed by atoms with E-state index >= 15 is 0 Å². The van der Waals surface area contributed by atoms with Crippen molar-refractivity contribution in [2.75, 3.05) is 26.2 Å². The molecule has 4 rings (SSSR count). The standard InChI is InChI=1S/C21H24N4O3S/c1-17(21-22-20(23-28-21)19-10-6-3-7-11-19)24-12-14-25(15-13-24)29(26,27)16-18-8-4-2-5-9-18/h2-11,17H,12-16H2,1H3. The van der Waals surface area contributed by atoms with Crippen LogP contribution >= 0.6 is 0 Å². The Balaban J connectivity index is 1.37. The van der Waals surface area contributed by atoms with Crippen molar-refractivity contribution in [2.24, 2.45) is 0 Å². The lowest BCUT2D eigenvalue weighted by Gasteiger charge is -2.36. The van der Waals surface area contributed by atoms with Gasteiger partial charge in [0.25, 0.3) is 0 Å². The summed E-state index contributed by atoms with van der Waals surface area (Å²) in [5.41, 5.74) is 1.72. The van der Waals surface area contributed by atoms with Gasteiger partial charge in [0.1, 0.15) is 0 Å². The van der Waals surface area contributed by atoms with Crippen LogP contribution in [-0.2, 0) is 15.8 Å². The number of hydrogen-bond acceptors (Lipinski definition) is 6. The largest absolute Gasteiger partial charge is 0.337 e. The molecule has 8 heteroatoms. The molecule has 0 bridgehead atoms. The minimum Gasteiger partial charge on any atom is -0.337 e. The fourth-order valence-corrected chi connectivity index (χ4v) is 5.03. The van der Waals surface area contributed by atoms with Crippen molar-refractivity contribution in [3.05, 3.63) is 72.1 Å². The normalized spacial score (nSPS) is 17.3. The zero-order chi connectivity index (χ0) is 20.3. The lowest BCUT2D eigenvalue weighted by Crippen LogP contribution is -2.49. The molecule has 0 aliphatic carbocycles. The van der Waals surface area contributed by atoms with Crippen LogP contribution in [0.3, 0.4) is 0 Å². The van der Waals surface area contributed by atoms with Gasteiger partial charge in [0, 0.05) is 31.7 Å². The monoisotopic (exact) mass is 412 g/mol. The Labute approximate surface area is 171 Å². The van der Waals surface area contributed by atoms with Crippen molar-refractivity contribution in [1.82, 2.24) is 19.3 Å². The van der Waals surface area contributed by atoms with Gasteiger partial charge in [0.15, 0.2) is 0 Å². The number of piperazine rings is 1. The summed E-state index contributed by atoms with van der Waals surface area (Å²) in [6, 6.07) is 18.9. The van der Waals surface area contributed by atoms with Gasteiger partial charge in [-0.1, -0.05) is 65.8 Å². The zero-order valence-corrected chi connectivity index (χ0v) is 17.1. The summed E-state index contributed by atoms with van der Waals surface area (Å²) in [7, 11) is -3.33. The molecule has 1 aliphatic rings. The quantitative estimate of drug-likeness (QED) is 0.619. The van der Waals surface area contributed by atoms with Crippen LogP contribution in [0.4, 0.5) is 0 Å². The molecule has 1 unspecified atom stereocenters. The number of hydrogen-bond donors (Lipinski definition) is 0. The van der Waals surface area contributed by atoms with Crippen LogP contribution in [0.2, 0.25) is 0 Å². The van der Waals surface area contributed by atoms with E-state index in [4.69, 9.17) is 4.52 Å². The lowest BCUT2D eigenvalue weighted by atomic mass is 10.2. The van der Waals surface area contributed by atoms with Crippen LogP contribution in [0.5, 0.6) is 0 Å². The molecule has 0 spiro atoms. The molecular formula is C21H24N4O3S. The fourth-order valence-electron chi connectivity index (χ4n) is 3.51. The van der Waals surface area contributed by atoms with E-state index in [-0.39, 0.29) is 11.8 Å². The van der Waals surface area contributed by atoms with Crippen molar-refractivity contribution in [3.63, 3.8) is 0 Å². The topological polar surface area (TPSA) is 79.5 Å². The van der Waals surface area contributed by atoms with Gasteiger partial charge in [-0.3, -0.25) is 4.90 Å². The van der Waals surface area contributed by atoms with Gasteiger partial charge >= 0.3 is 0 Å². The highest BCUT2D eigenvalue weighted by Gasteiger charge is 2.31. The molecule has 152 valence electrons. The summed E-state index contributed by atoms with van der Waals surface area (Å²) < 4.78 is 32.5. The molecular weight excluding hydrogens is 388 g/mol. The van der Waals surface area contributed by atoms with Crippen molar-refractivity contribution in [1.29, 1.82) is 0 Å². The van der Waals surface area contributed by atoms with Gasteiger partial charge in [-0.25, -0.2) is 8.42 Å². The van der Waals surface area contributed by atoms with Crippen LogP contribution < -0.4 is 0 Å². The molecule has 0 amide bonds. The van der Waals surface area contributed by atoms with Gasteiger partial charge in [-0.2, -0.15) is 9.29 Å². The molecule has 29 heavy (non-hydrogen) atoms. The average molecular weight is 413 g/mol. The molecule has 1 aliphatic heterocycles. The summed E-state index contributed by atoms with van der Waals surface area (Å²) in [4.78, 5) is 6.71. The molecule has 1 fully saturated rings. The van der Waals surface area contributed by atoms with Crippen LogP contribution in [0.15, 0.2) is 65.2 Å². The lowest BCUT2D eigenvalue weighted by molar-refractivity contribution is 0.124. The summed E-state index contributed by atoms with van der Waals surface area (Å²) >= 11 is 0. The summed E-state index contributed by atoms with van der Waals surface area (Å²) in [5.74, 6) is 1.15. The second-order valence-electron chi connectivity index (χ2n) is 7.18. The molecule has 3 aromatic rings. The van der Waals surface area contributed by atoms with E-state index in [1.54, 1.807) is 4.31 Å². The van der Waals surface area contributed by atoms with Crippen molar-refractivity contribution >= 4 is 10.0 Å². The van der Waals surface area contributed by atoms with Crippen LogP contribution in [0, 0.1) is 0 Å². The molecule has 1 saturated heterocycles. The van der Waals surface area contributed by atoms with E-state index in [1.807, 2.05) is 67.6 Å². The van der Waals surface area contributed by atoms with Gasteiger partial charge in [0.2, 0.25) is 21.7 Å². The summed E-state index contributed by atoms with van der Waals surface area (Å²) in [6.07, 6.45) is 0. The van der Waals surface area contributed by atoms with Crippen LogP contribution in [-0.4, -0.2) is 53.9 Å². The van der Waals surface area contributed by atoms with Crippen molar-refractivity contribution < 1.29 is 12.9 Å². The van der Waals surface area contributed by atoms with E-state index in [2.05, 4.69) is 15.0 Å². The van der Waals surface area contributed by atoms with Crippen LogP contribution in [0.1, 0.15) is 24.4 Å². The first kappa shape index (κ1) is 19.8. The first-order valence-electron chi connectivity index (χ1n) is 9.68. The van der Waals surface area contributed by atoms with Gasteiger partial charge in [-0.05, 0) is 12.5 Å². The minimum absolute atomic E-state index is 0.0352. The Morgan fingerprint density at radius 1 is 0.966 bits per heavy atom. The molecule has 2 aromatic carbocycles. The van der Waals surface area contributed by atoms with Gasteiger partial charge in [0.05, 0.1) is 11.8 Å². The van der Waals surface area contributed by atoms with Gasteiger partial charge in [-0.15, -0.1) is 0 Å². The Bertz CT molecular complexity index is 1030. The highest BCUT2D eigenvalue weighted by atomic mass is 32.2. The molecule has 0 N–H and O–H groups in total. The van der Waals surface area contributed by atoms with E-state index < -0.39 is 10.0 Å². The van der Waals surface area contributed by atoms with Crippen molar-refractivity contribution in [2.45, 2.75) is 18.7 Å². The van der Waals surface area contributed by atoms with Crippen LogP contribution in [0.25, 0.3) is 11.4 Å². The third kappa shape index (κ3) is 4.55. The molecule has 0 saturated carbocycles.